The summed E-state index contributed by atoms with van der Waals surface area (Å²) in [6.45, 7) is 8.91. The van der Waals surface area contributed by atoms with Gasteiger partial charge in [-0.3, -0.25) is 4.90 Å². The first-order valence-electron chi connectivity index (χ1n) is 11.2. The highest BCUT2D eigenvalue weighted by Gasteiger charge is 2.47. The molecular formula is C21H38N4O3. The van der Waals surface area contributed by atoms with Crippen molar-refractivity contribution in [3.63, 3.8) is 0 Å². The van der Waals surface area contributed by atoms with Crippen LogP contribution in [0.2, 0.25) is 0 Å². The molecule has 0 aromatic heterocycles. The molecule has 4 aliphatic heterocycles. The van der Waals surface area contributed by atoms with Crippen molar-refractivity contribution in [3.8, 4) is 0 Å². The van der Waals surface area contributed by atoms with E-state index in [1.807, 2.05) is 4.90 Å². The molecule has 160 valence electrons. The average Bonchev–Trinajstić information content (AvgIpc) is 3.29. The lowest BCUT2D eigenvalue weighted by Crippen LogP contribution is -2.51. The molecule has 1 spiro atoms. The zero-order valence-electron chi connectivity index (χ0n) is 17.8. The van der Waals surface area contributed by atoms with Crippen LogP contribution in [0.5, 0.6) is 0 Å². The fraction of sp³-hybridized carbons (Fsp3) is 0.952. The number of hydrogen-bond acceptors (Lipinski definition) is 6. The number of hydrogen-bond donors (Lipinski definition) is 0. The number of piperidine rings is 1. The predicted octanol–water partition coefficient (Wildman–Crippen LogP) is 1.48. The Labute approximate surface area is 169 Å². The number of ether oxygens (including phenoxy) is 2. The molecule has 1 atom stereocenters. The van der Waals surface area contributed by atoms with Crippen molar-refractivity contribution in [1.82, 2.24) is 19.6 Å². The first-order chi connectivity index (χ1) is 13.5. The maximum atomic E-state index is 12.5. The van der Waals surface area contributed by atoms with Gasteiger partial charge in [0.1, 0.15) is 5.60 Å². The van der Waals surface area contributed by atoms with Crippen LogP contribution in [-0.2, 0) is 9.47 Å². The molecular weight excluding hydrogens is 356 g/mol. The second-order valence-corrected chi connectivity index (χ2v) is 9.41. The summed E-state index contributed by atoms with van der Waals surface area (Å²) in [7, 11) is 4.34. The molecule has 7 heteroatoms. The Kier molecular flexibility index (Phi) is 6.45. The van der Waals surface area contributed by atoms with Crippen molar-refractivity contribution in [2.75, 3.05) is 73.1 Å². The number of likely N-dealkylation sites (N-methyl/N-ethyl adjacent to an activating group) is 1. The van der Waals surface area contributed by atoms with Crippen LogP contribution in [0.15, 0.2) is 0 Å². The van der Waals surface area contributed by atoms with Gasteiger partial charge in [0.05, 0.1) is 6.54 Å². The van der Waals surface area contributed by atoms with Crippen molar-refractivity contribution < 1.29 is 14.3 Å². The summed E-state index contributed by atoms with van der Waals surface area (Å²) in [5.41, 5.74) is -0.234. The Morgan fingerprint density at radius 3 is 2.50 bits per heavy atom. The van der Waals surface area contributed by atoms with E-state index in [0.29, 0.717) is 12.1 Å². The van der Waals surface area contributed by atoms with Gasteiger partial charge in [0.25, 0.3) is 0 Å². The molecule has 0 aliphatic carbocycles. The minimum atomic E-state index is -0.234. The van der Waals surface area contributed by atoms with E-state index in [0.717, 1.165) is 84.6 Å². The molecule has 7 nitrogen and oxygen atoms in total. The number of nitrogens with zero attached hydrogens (tertiary/aromatic N) is 4. The lowest BCUT2D eigenvalue weighted by atomic mass is 9.89. The quantitative estimate of drug-likeness (QED) is 0.680. The third-order valence-corrected chi connectivity index (χ3v) is 7.34. The molecule has 4 aliphatic rings. The largest absolute Gasteiger partial charge is 0.441 e. The molecule has 0 saturated carbocycles. The van der Waals surface area contributed by atoms with E-state index < -0.39 is 0 Å². The summed E-state index contributed by atoms with van der Waals surface area (Å²) in [5.74, 6) is 0. The highest BCUT2D eigenvalue weighted by Crippen LogP contribution is 2.34. The summed E-state index contributed by atoms with van der Waals surface area (Å²) in [6.07, 6.45) is 6.44. The van der Waals surface area contributed by atoms with Crippen LogP contribution in [0.4, 0.5) is 4.79 Å². The molecule has 0 aromatic carbocycles. The molecule has 4 rings (SSSR count). The highest BCUT2D eigenvalue weighted by molar-refractivity contribution is 5.70. The van der Waals surface area contributed by atoms with Crippen LogP contribution < -0.4 is 0 Å². The van der Waals surface area contributed by atoms with Gasteiger partial charge in [-0.15, -0.1) is 0 Å². The van der Waals surface area contributed by atoms with Gasteiger partial charge in [-0.2, -0.15) is 0 Å². The van der Waals surface area contributed by atoms with E-state index in [9.17, 15) is 4.79 Å². The van der Waals surface area contributed by atoms with Crippen LogP contribution in [0.25, 0.3) is 0 Å². The van der Waals surface area contributed by atoms with Gasteiger partial charge in [0.2, 0.25) is 0 Å². The Morgan fingerprint density at radius 2 is 1.82 bits per heavy atom. The minimum Gasteiger partial charge on any atom is -0.441 e. The normalized spacial score (nSPS) is 29.9. The highest BCUT2D eigenvalue weighted by atomic mass is 16.6. The van der Waals surface area contributed by atoms with Crippen molar-refractivity contribution >= 4 is 6.09 Å². The molecule has 1 amide bonds. The molecule has 0 aromatic rings. The molecule has 4 heterocycles. The fourth-order valence-electron chi connectivity index (χ4n) is 5.39. The number of amides is 1. The Bertz CT molecular complexity index is 530. The zero-order chi connectivity index (χ0) is 19.6. The fourth-order valence-corrected chi connectivity index (χ4v) is 5.39. The van der Waals surface area contributed by atoms with Crippen LogP contribution >= 0.6 is 0 Å². The van der Waals surface area contributed by atoms with E-state index >= 15 is 0 Å². The first-order valence-corrected chi connectivity index (χ1v) is 11.2. The lowest BCUT2D eigenvalue weighted by Gasteiger charge is -2.42. The molecule has 28 heavy (non-hydrogen) atoms. The standard InChI is InChI=1S/C21H38N4O3/c1-22(2)19-4-11-23(16-19)9-3-10-25-17-21(28-20(25)26)7-12-24(13-8-21)18-5-14-27-15-6-18/h18-19H,3-17H2,1-2H3. The Morgan fingerprint density at radius 1 is 1.07 bits per heavy atom. The molecule has 1 unspecified atom stereocenters. The maximum Gasteiger partial charge on any atom is 0.410 e. The van der Waals surface area contributed by atoms with Crippen LogP contribution in [0.3, 0.4) is 0 Å². The zero-order valence-corrected chi connectivity index (χ0v) is 17.8. The van der Waals surface area contributed by atoms with E-state index in [4.69, 9.17) is 9.47 Å². The van der Waals surface area contributed by atoms with E-state index in [1.54, 1.807) is 0 Å². The van der Waals surface area contributed by atoms with Crippen molar-refractivity contribution in [2.45, 2.75) is 56.2 Å². The van der Waals surface area contributed by atoms with Crippen molar-refractivity contribution in [1.29, 1.82) is 0 Å². The van der Waals surface area contributed by atoms with Gasteiger partial charge < -0.3 is 24.2 Å². The van der Waals surface area contributed by atoms with Gasteiger partial charge in [-0.1, -0.05) is 0 Å². The second-order valence-electron chi connectivity index (χ2n) is 9.41. The number of likely N-dealkylation sites (tertiary alicyclic amines) is 2. The summed E-state index contributed by atoms with van der Waals surface area (Å²) in [5, 5.41) is 0. The lowest BCUT2D eigenvalue weighted by molar-refractivity contribution is -0.0303. The molecule has 4 fully saturated rings. The topological polar surface area (TPSA) is 48.5 Å². The summed E-state index contributed by atoms with van der Waals surface area (Å²) in [4.78, 5) is 21.9. The number of carbonyl (C=O) groups excluding carboxylic acids is 1. The van der Waals surface area contributed by atoms with E-state index in [2.05, 4.69) is 28.8 Å². The number of rotatable bonds is 6. The summed E-state index contributed by atoms with van der Waals surface area (Å²) >= 11 is 0. The van der Waals surface area contributed by atoms with Gasteiger partial charge in [-0.25, -0.2) is 4.79 Å². The molecule has 0 radical (unpaired) electrons. The minimum absolute atomic E-state index is 0.0906. The number of carbonyl (C=O) groups is 1. The molecule has 4 saturated heterocycles. The van der Waals surface area contributed by atoms with Crippen molar-refractivity contribution in [3.05, 3.63) is 0 Å². The second kappa shape index (κ2) is 8.86. The van der Waals surface area contributed by atoms with Crippen LogP contribution in [0.1, 0.15) is 38.5 Å². The third-order valence-electron chi connectivity index (χ3n) is 7.34. The summed E-state index contributed by atoms with van der Waals surface area (Å²) < 4.78 is 11.4. The van der Waals surface area contributed by atoms with E-state index in [-0.39, 0.29) is 11.7 Å². The smallest absolute Gasteiger partial charge is 0.410 e. The predicted molar refractivity (Wildman–Crippen MR) is 109 cm³/mol. The van der Waals surface area contributed by atoms with E-state index in [1.165, 1.54) is 13.0 Å². The Balaban J connectivity index is 1.19. The van der Waals surface area contributed by atoms with Gasteiger partial charge >= 0.3 is 6.09 Å². The molecule has 0 N–H and O–H groups in total. The average molecular weight is 395 g/mol. The third kappa shape index (κ3) is 4.64. The monoisotopic (exact) mass is 394 g/mol. The first kappa shape index (κ1) is 20.4. The van der Waals surface area contributed by atoms with Gasteiger partial charge in [-0.05, 0) is 52.9 Å². The van der Waals surface area contributed by atoms with Gasteiger partial charge in [0.15, 0.2) is 0 Å². The van der Waals surface area contributed by atoms with Crippen LogP contribution in [0, 0.1) is 0 Å². The van der Waals surface area contributed by atoms with Crippen molar-refractivity contribution in [2.24, 2.45) is 0 Å². The SMILES string of the molecule is CN(C)C1CCN(CCCN2CC3(CCN(C4CCOCC4)CC3)OC2=O)C1. The molecule has 0 bridgehead atoms. The maximum absolute atomic E-state index is 12.5. The van der Waals surface area contributed by atoms with Gasteiger partial charge in [0, 0.05) is 64.3 Å². The van der Waals surface area contributed by atoms with Crippen LogP contribution in [-0.4, -0.2) is 117 Å². The Hall–Kier alpha value is -0.890. The summed E-state index contributed by atoms with van der Waals surface area (Å²) in [6, 6.07) is 1.34.